The Morgan fingerprint density at radius 1 is 1.43 bits per heavy atom. The summed E-state index contributed by atoms with van der Waals surface area (Å²) in [7, 11) is -2.93. The average molecular weight is 330 g/mol. The van der Waals surface area contributed by atoms with Gasteiger partial charge >= 0.3 is 0 Å². The molecule has 1 atom stereocenters. The van der Waals surface area contributed by atoms with Crippen molar-refractivity contribution in [1.29, 1.82) is 0 Å². The van der Waals surface area contributed by atoms with Gasteiger partial charge in [-0.25, -0.2) is 12.8 Å². The van der Waals surface area contributed by atoms with Crippen LogP contribution in [0.4, 0.5) is 4.39 Å². The maximum atomic E-state index is 12.8. The van der Waals surface area contributed by atoms with Gasteiger partial charge in [0.2, 0.25) is 0 Å². The molecule has 1 aliphatic rings. The van der Waals surface area contributed by atoms with E-state index in [0.717, 1.165) is 5.56 Å². The van der Waals surface area contributed by atoms with Gasteiger partial charge in [0.25, 0.3) is 0 Å². The summed E-state index contributed by atoms with van der Waals surface area (Å²) in [6.45, 7) is 3.11. The van der Waals surface area contributed by atoms with Crippen LogP contribution in [0.1, 0.15) is 18.9 Å². The van der Waals surface area contributed by atoms with Crippen molar-refractivity contribution in [3.05, 3.63) is 35.6 Å². The van der Waals surface area contributed by atoms with Crippen LogP contribution in [-0.2, 0) is 16.4 Å². The number of sulfone groups is 1. The van der Waals surface area contributed by atoms with Crippen molar-refractivity contribution in [3.8, 4) is 0 Å². The van der Waals surface area contributed by atoms with Crippen molar-refractivity contribution in [2.75, 3.05) is 18.1 Å². The van der Waals surface area contributed by atoms with Gasteiger partial charge in [0.1, 0.15) is 5.82 Å². The van der Waals surface area contributed by atoms with Crippen molar-refractivity contribution < 1.29 is 12.8 Å². The molecule has 0 aromatic heterocycles. The van der Waals surface area contributed by atoms with Crippen molar-refractivity contribution in [2.45, 2.75) is 25.9 Å². The molecule has 116 valence electrons. The Kier molecular flexibility index (Phi) is 5.16. The highest BCUT2D eigenvalue weighted by Gasteiger charge is 2.32. The molecule has 0 radical (unpaired) electrons. The maximum Gasteiger partial charge on any atom is 0.169 e. The van der Waals surface area contributed by atoms with E-state index in [1.165, 1.54) is 12.1 Å². The topological polar surface area (TPSA) is 49.4 Å². The first-order chi connectivity index (χ1) is 9.91. The molecule has 0 bridgehead atoms. The maximum absolute atomic E-state index is 12.8. The van der Waals surface area contributed by atoms with E-state index in [4.69, 9.17) is 12.2 Å². The molecule has 0 saturated carbocycles. The fourth-order valence-electron chi connectivity index (χ4n) is 2.47. The lowest BCUT2D eigenvalue weighted by Crippen LogP contribution is -2.46. The number of hydrogen-bond donors (Lipinski definition) is 1. The van der Waals surface area contributed by atoms with Crippen LogP contribution in [0.3, 0.4) is 0 Å². The molecule has 4 nitrogen and oxygen atoms in total. The zero-order chi connectivity index (χ0) is 15.5. The van der Waals surface area contributed by atoms with Gasteiger partial charge in [0.15, 0.2) is 14.9 Å². The Labute approximate surface area is 130 Å². The third-order valence-electron chi connectivity index (χ3n) is 3.61. The lowest BCUT2D eigenvalue weighted by atomic mass is 10.2. The summed E-state index contributed by atoms with van der Waals surface area (Å²) in [6, 6.07) is 6.15. The number of thiocarbonyl (C=S) groups is 1. The number of benzene rings is 1. The zero-order valence-corrected chi connectivity index (χ0v) is 13.5. The van der Waals surface area contributed by atoms with Crippen LogP contribution in [-0.4, -0.2) is 42.5 Å². The minimum atomic E-state index is -2.93. The van der Waals surface area contributed by atoms with E-state index in [2.05, 4.69) is 5.32 Å². The average Bonchev–Trinajstić information content (AvgIpc) is 2.79. The van der Waals surface area contributed by atoms with Crippen LogP contribution in [0.5, 0.6) is 0 Å². The molecule has 2 rings (SSSR count). The van der Waals surface area contributed by atoms with Crippen LogP contribution in [0.15, 0.2) is 24.3 Å². The van der Waals surface area contributed by atoms with E-state index in [-0.39, 0.29) is 23.4 Å². The van der Waals surface area contributed by atoms with Gasteiger partial charge in [-0.1, -0.05) is 12.1 Å². The molecular weight excluding hydrogens is 311 g/mol. The second-order valence-electron chi connectivity index (χ2n) is 5.13. The van der Waals surface area contributed by atoms with Crippen molar-refractivity contribution in [1.82, 2.24) is 10.2 Å². The van der Waals surface area contributed by atoms with E-state index in [9.17, 15) is 12.8 Å². The summed E-state index contributed by atoms with van der Waals surface area (Å²) < 4.78 is 36.0. The molecule has 0 amide bonds. The second kappa shape index (κ2) is 6.70. The minimum absolute atomic E-state index is 0.0479. The third-order valence-corrected chi connectivity index (χ3v) is 5.74. The molecule has 7 heteroatoms. The fourth-order valence-corrected chi connectivity index (χ4v) is 4.55. The summed E-state index contributed by atoms with van der Waals surface area (Å²) in [5.74, 6) is 0.126. The van der Waals surface area contributed by atoms with Gasteiger partial charge in [-0.05, 0) is 43.3 Å². The first-order valence-corrected chi connectivity index (χ1v) is 9.13. The minimum Gasteiger partial charge on any atom is -0.358 e. The van der Waals surface area contributed by atoms with E-state index in [1.54, 1.807) is 12.1 Å². The van der Waals surface area contributed by atoms with Crippen LogP contribution in [0.2, 0.25) is 0 Å². The van der Waals surface area contributed by atoms with Crippen LogP contribution < -0.4 is 5.32 Å². The number of nitrogens with one attached hydrogen (secondary N) is 1. The number of halogens is 1. The molecule has 1 aromatic rings. The summed E-state index contributed by atoms with van der Waals surface area (Å²) in [6.07, 6.45) is 0.620. The lowest BCUT2D eigenvalue weighted by molar-refractivity contribution is 0.345. The Morgan fingerprint density at radius 3 is 2.62 bits per heavy atom. The highest BCUT2D eigenvalue weighted by molar-refractivity contribution is 7.91. The lowest BCUT2D eigenvalue weighted by Gasteiger charge is -2.29. The van der Waals surface area contributed by atoms with Gasteiger partial charge in [-0.3, -0.25) is 0 Å². The van der Waals surface area contributed by atoms with E-state index >= 15 is 0 Å². The molecular formula is C14H19FN2O2S2. The van der Waals surface area contributed by atoms with Gasteiger partial charge in [0, 0.05) is 19.1 Å². The smallest absolute Gasteiger partial charge is 0.169 e. The predicted molar refractivity (Wildman–Crippen MR) is 85.3 cm³/mol. The predicted octanol–water partition coefficient (Wildman–Crippen LogP) is 1.71. The molecule has 1 aromatic carbocycles. The van der Waals surface area contributed by atoms with Crippen LogP contribution in [0, 0.1) is 5.82 Å². The monoisotopic (exact) mass is 330 g/mol. The highest BCUT2D eigenvalue weighted by atomic mass is 32.2. The van der Waals surface area contributed by atoms with Crippen molar-refractivity contribution in [2.24, 2.45) is 0 Å². The SMILES string of the molecule is CCN(C(=S)NCc1ccc(F)cc1)[C@H]1CCS(=O)(=O)C1. The Hall–Kier alpha value is -1.21. The summed E-state index contributed by atoms with van der Waals surface area (Å²) >= 11 is 5.36. The largest absolute Gasteiger partial charge is 0.358 e. The van der Waals surface area contributed by atoms with Crippen molar-refractivity contribution in [3.63, 3.8) is 0 Å². The molecule has 1 N–H and O–H groups in total. The Morgan fingerprint density at radius 2 is 2.10 bits per heavy atom. The van der Waals surface area contributed by atoms with E-state index in [1.807, 2.05) is 11.8 Å². The first kappa shape index (κ1) is 16.2. The first-order valence-electron chi connectivity index (χ1n) is 6.90. The molecule has 21 heavy (non-hydrogen) atoms. The Balaban J connectivity index is 1.93. The van der Waals surface area contributed by atoms with Crippen molar-refractivity contribution >= 4 is 27.2 Å². The molecule has 0 aliphatic carbocycles. The summed E-state index contributed by atoms with van der Waals surface area (Å²) in [4.78, 5) is 1.92. The third kappa shape index (κ3) is 4.38. The number of nitrogens with zero attached hydrogens (tertiary/aromatic N) is 1. The standard InChI is InChI=1S/C14H19FN2O2S2/c1-2-17(13-7-8-21(18,19)10-13)14(20)16-9-11-3-5-12(15)6-4-11/h3-6,13H,2,7-10H2,1H3,(H,16,20)/t13-/m0/s1. The molecule has 0 spiro atoms. The zero-order valence-electron chi connectivity index (χ0n) is 11.9. The van der Waals surface area contributed by atoms with E-state index < -0.39 is 9.84 Å². The van der Waals surface area contributed by atoms with Gasteiger partial charge in [0.05, 0.1) is 11.5 Å². The number of hydrogen-bond acceptors (Lipinski definition) is 3. The van der Waals surface area contributed by atoms with E-state index in [0.29, 0.717) is 24.6 Å². The van der Waals surface area contributed by atoms with Gasteiger partial charge < -0.3 is 10.2 Å². The fraction of sp³-hybridized carbons (Fsp3) is 0.500. The highest BCUT2D eigenvalue weighted by Crippen LogP contribution is 2.18. The van der Waals surface area contributed by atoms with Crippen LogP contribution >= 0.6 is 12.2 Å². The normalized spacial score (nSPS) is 20.2. The van der Waals surface area contributed by atoms with Gasteiger partial charge in [-0.15, -0.1) is 0 Å². The summed E-state index contributed by atoms with van der Waals surface area (Å²) in [5, 5.41) is 3.66. The molecule has 0 unspecified atom stereocenters. The van der Waals surface area contributed by atoms with Crippen LogP contribution in [0.25, 0.3) is 0 Å². The molecule has 1 heterocycles. The second-order valence-corrected chi connectivity index (χ2v) is 7.74. The molecule has 1 saturated heterocycles. The quantitative estimate of drug-likeness (QED) is 0.852. The summed E-state index contributed by atoms with van der Waals surface area (Å²) in [5.41, 5.74) is 0.925. The van der Waals surface area contributed by atoms with Gasteiger partial charge in [-0.2, -0.15) is 0 Å². The Bertz CT molecular complexity index is 602. The number of rotatable bonds is 4. The molecule has 1 fully saturated rings. The molecule has 1 aliphatic heterocycles.